The predicted octanol–water partition coefficient (Wildman–Crippen LogP) is 3.30. The van der Waals surface area contributed by atoms with Crippen LogP contribution in [0.1, 0.15) is 43.4 Å². The van der Waals surface area contributed by atoms with Gasteiger partial charge >= 0.3 is 5.69 Å². The van der Waals surface area contributed by atoms with Gasteiger partial charge in [-0.1, -0.05) is 30.3 Å². The van der Waals surface area contributed by atoms with Crippen LogP contribution >= 0.6 is 0 Å². The van der Waals surface area contributed by atoms with E-state index in [1.54, 1.807) is 30.3 Å². The number of carbonyl (C=O) groups excluding carboxylic acids is 1. The number of nitrogens with zero attached hydrogens (tertiary/aromatic N) is 3. The summed E-state index contributed by atoms with van der Waals surface area (Å²) >= 11 is 0. The molecular formula is C27H23F3N4O4. The fraction of sp³-hybridized carbons (Fsp3) is 0.259. The van der Waals surface area contributed by atoms with Gasteiger partial charge in [0.1, 0.15) is 5.82 Å². The summed E-state index contributed by atoms with van der Waals surface area (Å²) in [6.07, 6.45) is 0.978. The average Bonchev–Trinajstić information content (AvgIpc) is 2.92. The first-order chi connectivity index (χ1) is 18.2. The summed E-state index contributed by atoms with van der Waals surface area (Å²) in [6.45, 7) is 0. The smallest absolute Gasteiger partial charge is 0.337 e. The molecular weight excluding hydrogens is 501 g/mol. The third-order valence-electron chi connectivity index (χ3n) is 6.82. The van der Waals surface area contributed by atoms with Crippen molar-refractivity contribution in [2.24, 2.45) is 0 Å². The number of rotatable bonds is 5. The van der Waals surface area contributed by atoms with E-state index in [2.05, 4.69) is 10.3 Å². The van der Waals surface area contributed by atoms with E-state index in [9.17, 15) is 32.7 Å². The van der Waals surface area contributed by atoms with Gasteiger partial charge in [0.15, 0.2) is 23.4 Å². The van der Waals surface area contributed by atoms with Crippen molar-refractivity contribution in [2.45, 2.75) is 43.9 Å². The number of amides is 1. The summed E-state index contributed by atoms with van der Waals surface area (Å²) in [5, 5.41) is 13.0. The number of aliphatic hydroxyl groups is 1. The highest BCUT2D eigenvalue weighted by atomic mass is 19.2. The minimum absolute atomic E-state index is 0.0670. The van der Waals surface area contributed by atoms with Gasteiger partial charge in [-0.2, -0.15) is 0 Å². The number of halogens is 3. The van der Waals surface area contributed by atoms with Crippen LogP contribution in [0.5, 0.6) is 0 Å². The lowest BCUT2D eigenvalue weighted by Gasteiger charge is -2.30. The molecule has 8 nitrogen and oxygen atoms in total. The Kier molecular flexibility index (Phi) is 6.85. The van der Waals surface area contributed by atoms with Gasteiger partial charge in [0, 0.05) is 18.2 Å². The summed E-state index contributed by atoms with van der Waals surface area (Å²) < 4.78 is 43.6. The van der Waals surface area contributed by atoms with Crippen LogP contribution in [-0.2, 0) is 4.79 Å². The van der Waals surface area contributed by atoms with Gasteiger partial charge in [0.2, 0.25) is 0 Å². The Balaban J connectivity index is 1.44. The lowest BCUT2D eigenvalue weighted by molar-refractivity contribution is -0.130. The predicted molar refractivity (Wildman–Crippen MR) is 132 cm³/mol. The highest BCUT2D eigenvalue weighted by Gasteiger charge is 2.29. The van der Waals surface area contributed by atoms with Crippen LogP contribution < -0.4 is 16.6 Å². The van der Waals surface area contributed by atoms with E-state index in [4.69, 9.17) is 0 Å². The summed E-state index contributed by atoms with van der Waals surface area (Å²) in [7, 11) is 0. The van der Waals surface area contributed by atoms with Crippen LogP contribution in [0.25, 0.3) is 16.7 Å². The van der Waals surface area contributed by atoms with E-state index >= 15 is 0 Å². The maximum absolute atomic E-state index is 14.0. The van der Waals surface area contributed by atoms with E-state index in [0.29, 0.717) is 31.2 Å². The fourth-order valence-electron chi connectivity index (χ4n) is 4.91. The van der Waals surface area contributed by atoms with E-state index in [1.165, 1.54) is 6.07 Å². The molecule has 2 aromatic heterocycles. The first kappa shape index (κ1) is 25.4. The third-order valence-corrected chi connectivity index (χ3v) is 6.82. The Bertz CT molecular complexity index is 1630. The lowest BCUT2D eigenvalue weighted by atomic mass is 9.90. The zero-order chi connectivity index (χ0) is 27.0. The van der Waals surface area contributed by atoms with Crippen molar-refractivity contribution in [1.82, 2.24) is 19.4 Å². The van der Waals surface area contributed by atoms with Crippen LogP contribution in [0.3, 0.4) is 0 Å². The number of hydrogen-bond acceptors (Lipinski definition) is 5. The number of nitrogens with one attached hydrogen (secondary N) is 1. The summed E-state index contributed by atoms with van der Waals surface area (Å²) in [4.78, 5) is 43.3. The van der Waals surface area contributed by atoms with Crippen molar-refractivity contribution in [1.29, 1.82) is 0 Å². The Hall–Kier alpha value is -4.25. The third kappa shape index (κ3) is 4.72. The second-order valence-electron chi connectivity index (χ2n) is 9.24. The molecule has 38 heavy (non-hydrogen) atoms. The summed E-state index contributed by atoms with van der Waals surface area (Å²) in [6, 6.07) is 11.4. The molecule has 11 heteroatoms. The molecule has 196 valence electrons. The fourth-order valence-corrected chi connectivity index (χ4v) is 4.91. The highest BCUT2D eigenvalue weighted by Crippen LogP contribution is 2.28. The second kappa shape index (κ2) is 10.3. The number of pyridine rings is 1. The number of aliphatic hydroxyl groups excluding tert-OH is 1. The van der Waals surface area contributed by atoms with Gasteiger partial charge < -0.3 is 10.4 Å². The SMILES string of the molecule is O=C(N[C@H]1CC[C@@H](n2c(=O)c3cc(F)cnc3n(-c3ccc(F)c(F)c3)c2=O)CC1)C(O)c1ccccc1. The number of fused-ring (bicyclic) bond motifs is 1. The molecule has 2 heterocycles. The van der Waals surface area contributed by atoms with Crippen molar-refractivity contribution < 1.29 is 23.1 Å². The maximum atomic E-state index is 14.0. The molecule has 5 rings (SSSR count). The normalized spacial score (nSPS) is 18.3. The van der Waals surface area contributed by atoms with Gasteiger partial charge in [-0.15, -0.1) is 0 Å². The van der Waals surface area contributed by atoms with E-state index < -0.39 is 46.8 Å². The molecule has 1 aliphatic rings. The number of hydrogen-bond donors (Lipinski definition) is 2. The zero-order valence-electron chi connectivity index (χ0n) is 20.0. The topological polar surface area (TPSA) is 106 Å². The Morgan fingerprint density at radius 1 is 0.974 bits per heavy atom. The van der Waals surface area contributed by atoms with Gasteiger partial charge in [0.05, 0.1) is 17.3 Å². The number of carbonyl (C=O) groups is 1. The van der Waals surface area contributed by atoms with Gasteiger partial charge in [-0.25, -0.2) is 27.5 Å². The molecule has 1 unspecified atom stereocenters. The van der Waals surface area contributed by atoms with Crippen LogP contribution in [0, 0.1) is 17.5 Å². The first-order valence-corrected chi connectivity index (χ1v) is 12.1. The number of benzene rings is 2. The van der Waals surface area contributed by atoms with Gasteiger partial charge in [-0.3, -0.25) is 14.2 Å². The Labute approximate surface area is 214 Å². The quantitative estimate of drug-likeness (QED) is 0.417. The molecule has 0 radical (unpaired) electrons. The van der Waals surface area contributed by atoms with Crippen LogP contribution in [0.15, 0.2) is 70.4 Å². The van der Waals surface area contributed by atoms with E-state index in [0.717, 1.165) is 33.5 Å². The Morgan fingerprint density at radius 3 is 2.37 bits per heavy atom. The molecule has 1 amide bonds. The Morgan fingerprint density at radius 2 is 1.68 bits per heavy atom. The van der Waals surface area contributed by atoms with Gasteiger partial charge in [-0.05, 0) is 49.4 Å². The van der Waals surface area contributed by atoms with Crippen LogP contribution in [0.2, 0.25) is 0 Å². The van der Waals surface area contributed by atoms with Crippen molar-refractivity contribution in [3.05, 3.63) is 105 Å². The highest BCUT2D eigenvalue weighted by molar-refractivity contribution is 5.82. The molecule has 2 N–H and O–H groups in total. The molecule has 0 spiro atoms. The molecule has 0 bridgehead atoms. The largest absolute Gasteiger partial charge is 0.378 e. The molecule has 1 atom stereocenters. The molecule has 0 aliphatic heterocycles. The molecule has 1 aliphatic carbocycles. The minimum Gasteiger partial charge on any atom is -0.378 e. The van der Waals surface area contributed by atoms with Gasteiger partial charge in [0.25, 0.3) is 11.5 Å². The van der Waals surface area contributed by atoms with Crippen molar-refractivity contribution >= 4 is 16.9 Å². The first-order valence-electron chi connectivity index (χ1n) is 12.1. The van der Waals surface area contributed by atoms with Crippen LogP contribution in [-0.4, -0.2) is 31.2 Å². The summed E-state index contributed by atoms with van der Waals surface area (Å²) in [5.41, 5.74) is -1.36. The average molecular weight is 524 g/mol. The molecule has 1 fully saturated rings. The van der Waals surface area contributed by atoms with Crippen molar-refractivity contribution in [2.75, 3.05) is 0 Å². The molecule has 4 aromatic rings. The van der Waals surface area contributed by atoms with E-state index in [1.807, 2.05) is 0 Å². The molecule has 0 saturated heterocycles. The molecule has 2 aromatic carbocycles. The monoisotopic (exact) mass is 524 g/mol. The van der Waals surface area contributed by atoms with Crippen molar-refractivity contribution in [3.63, 3.8) is 0 Å². The standard InChI is InChI=1S/C27H23F3N4O4/c28-16-12-20-24(31-14-16)33(19-10-11-21(29)22(30)13-19)27(38)34(26(20)37)18-8-6-17(7-9-18)32-25(36)23(35)15-4-2-1-3-5-15/h1-5,10-14,17-18,23,35H,6-9H2,(H,32,36)/t17-,18+,23?. The zero-order valence-corrected chi connectivity index (χ0v) is 20.0. The maximum Gasteiger partial charge on any atom is 0.337 e. The summed E-state index contributed by atoms with van der Waals surface area (Å²) in [5.74, 6) is -3.66. The van der Waals surface area contributed by atoms with Crippen LogP contribution in [0.4, 0.5) is 13.2 Å². The van der Waals surface area contributed by atoms with E-state index in [-0.39, 0.29) is 22.8 Å². The molecule has 1 saturated carbocycles. The van der Waals surface area contributed by atoms with Crippen molar-refractivity contribution in [3.8, 4) is 5.69 Å². The second-order valence-corrected chi connectivity index (χ2v) is 9.24. The number of aromatic nitrogens is 3. The lowest BCUT2D eigenvalue weighted by Crippen LogP contribution is -2.45. The minimum atomic E-state index is -1.33.